The maximum absolute atomic E-state index is 12.5. The van der Waals surface area contributed by atoms with Crippen LogP contribution in [0.25, 0.3) is 6.08 Å². The number of carbonyl (C=O) groups excluding carboxylic acids is 1. The third kappa shape index (κ3) is 5.70. The van der Waals surface area contributed by atoms with Gasteiger partial charge in [-0.3, -0.25) is 9.52 Å². The van der Waals surface area contributed by atoms with Gasteiger partial charge in [-0.1, -0.05) is 50.1 Å². The van der Waals surface area contributed by atoms with Crippen LogP contribution in [-0.2, 0) is 10.0 Å². The average molecular weight is 399 g/mol. The van der Waals surface area contributed by atoms with Gasteiger partial charge in [0.15, 0.2) is 0 Å². The lowest BCUT2D eigenvalue weighted by molar-refractivity contribution is 0.0910. The highest BCUT2D eigenvalue weighted by Gasteiger charge is 2.23. The summed E-state index contributed by atoms with van der Waals surface area (Å²) in [5.74, 6) is 0.373. The van der Waals surface area contributed by atoms with Gasteiger partial charge in [0.2, 0.25) is 0 Å². The highest BCUT2D eigenvalue weighted by Crippen LogP contribution is 2.24. The van der Waals surface area contributed by atoms with E-state index in [0.29, 0.717) is 17.2 Å². The SMILES string of the molecule is C[C@@H]1CCCC[C@H]1NC(=O)c1ccc(NS(=O)(=O)/C=C/c2ccccc2)cc1. The smallest absolute Gasteiger partial charge is 0.255 e. The van der Waals surface area contributed by atoms with Crippen LogP contribution in [0.1, 0.15) is 48.5 Å². The molecule has 3 rings (SSSR count). The molecule has 28 heavy (non-hydrogen) atoms. The van der Waals surface area contributed by atoms with Crippen LogP contribution in [0.2, 0.25) is 0 Å². The summed E-state index contributed by atoms with van der Waals surface area (Å²) in [5, 5.41) is 4.23. The Morgan fingerprint density at radius 3 is 2.36 bits per heavy atom. The second-order valence-electron chi connectivity index (χ2n) is 7.28. The van der Waals surface area contributed by atoms with E-state index >= 15 is 0 Å². The highest BCUT2D eigenvalue weighted by molar-refractivity contribution is 7.95. The van der Waals surface area contributed by atoms with Crippen molar-refractivity contribution < 1.29 is 13.2 Å². The molecule has 0 saturated heterocycles. The van der Waals surface area contributed by atoms with E-state index in [2.05, 4.69) is 17.0 Å². The summed E-state index contributed by atoms with van der Waals surface area (Å²) in [6.45, 7) is 2.17. The number of anilines is 1. The summed E-state index contributed by atoms with van der Waals surface area (Å²) in [4.78, 5) is 12.5. The summed E-state index contributed by atoms with van der Waals surface area (Å²) in [6, 6.07) is 15.9. The molecule has 2 aromatic rings. The quantitative estimate of drug-likeness (QED) is 0.757. The molecule has 0 unspecified atom stereocenters. The predicted octanol–water partition coefficient (Wildman–Crippen LogP) is 4.41. The fourth-order valence-corrected chi connectivity index (χ4v) is 4.27. The van der Waals surface area contributed by atoms with Gasteiger partial charge in [-0.25, -0.2) is 8.42 Å². The molecular formula is C22H26N2O3S. The van der Waals surface area contributed by atoms with Gasteiger partial charge in [-0.15, -0.1) is 0 Å². The van der Waals surface area contributed by atoms with Gasteiger partial charge in [0.1, 0.15) is 0 Å². The second kappa shape index (κ2) is 9.06. The molecule has 1 saturated carbocycles. The Hall–Kier alpha value is -2.60. The number of sulfonamides is 1. The van der Waals surface area contributed by atoms with Crippen LogP contribution >= 0.6 is 0 Å². The normalized spacial score (nSPS) is 20.0. The third-order valence-electron chi connectivity index (χ3n) is 5.07. The predicted molar refractivity (Wildman–Crippen MR) is 113 cm³/mol. The molecule has 0 radical (unpaired) electrons. The Morgan fingerprint density at radius 1 is 1.00 bits per heavy atom. The summed E-state index contributed by atoms with van der Waals surface area (Å²) < 4.78 is 26.9. The van der Waals surface area contributed by atoms with Crippen LogP contribution in [0.5, 0.6) is 0 Å². The Balaban J connectivity index is 1.60. The van der Waals surface area contributed by atoms with Crippen molar-refractivity contribution in [2.75, 3.05) is 4.72 Å². The average Bonchev–Trinajstić information content (AvgIpc) is 2.69. The summed E-state index contributed by atoms with van der Waals surface area (Å²) in [7, 11) is -3.63. The monoisotopic (exact) mass is 398 g/mol. The first-order valence-electron chi connectivity index (χ1n) is 9.60. The van der Waals surface area contributed by atoms with E-state index in [1.165, 1.54) is 12.5 Å². The van der Waals surface area contributed by atoms with Crippen molar-refractivity contribution in [3.8, 4) is 0 Å². The van der Waals surface area contributed by atoms with E-state index in [0.717, 1.165) is 30.2 Å². The lowest BCUT2D eigenvalue weighted by Crippen LogP contribution is -2.41. The van der Waals surface area contributed by atoms with Crippen molar-refractivity contribution in [3.05, 3.63) is 71.1 Å². The van der Waals surface area contributed by atoms with Crippen molar-refractivity contribution in [3.63, 3.8) is 0 Å². The molecule has 1 aliphatic carbocycles. The summed E-state index contributed by atoms with van der Waals surface area (Å²) >= 11 is 0. The molecule has 1 fully saturated rings. The number of rotatable bonds is 6. The Morgan fingerprint density at radius 2 is 1.68 bits per heavy atom. The number of benzene rings is 2. The minimum Gasteiger partial charge on any atom is -0.349 e. The van der Waals surface area contributed by atoms with Gasteiger partial charge < -0.3 is 5.32 Å². The van der Waals surface area contributed by atoms with Gasteiger partial charge in [-0.05, 0) is 54.7 Å². The van der Waals surface area contributed by atoms with E-state index in [9.17, 15) is 13.2 Å². The second-order valence-corrected chi connectivity index (χ2v) is 8.85. The summed E-state index contributed by atoms with van der Waals surface area (Å²) in [6.07, 6.45) is 6.06. The minimum atomic E-state index is -3.63. The molecule has 1 aliphatic rings. The number of hydrogen-bond acceptors (Lipinski definition) is 3. The first kappa shape index (κ1) is 20.1. The Labute approximate surface area is 166 Å². The van der Waals surface area contributed by atoms with Crippen molar-refractivity contribution >= 4 is 27.7 Å². The zero-order valence-corrected chi connectivity index (χ0v) is 16.8. The molecule has 1 amide bonds. The van der Waals surface area contributed by atoms with Gasteiger partial charge in [0.25, 0.3) is 15.9 Å². The van der Waals surface area contributed by atoms with Gasteiger partial charge in [0, 0.05) is 17.3 Å². The number of carbonyl (C=O) groups is 1. The summed E-state index contributed by atoms with van der Waals surface area (Å²) in [5.41, 5.74) is 1.75. The van der Waals surface area contributed by atoms with E-state index in [4.69, 9.17) is 0 Å². The maximum atomic E-state index is 12.5. The van der Waals surface area contributed by atoms with Gasteiger partial charge in [0.05, 0.1) is 5.41 Å². The van der Waals surface area contributed by atoms with E-state index in [-0.39, 0.29) is 11.9 Å². The number of amides is 1. The van der Waals surface area contributed by atoms with Crippen LogP contribution in [0, 0.1) is 5.92 Å². The van der Waals surface area contributed by atoms with Crippen LogP contribution in [-0.4, -0.2) is 20.4 Å². The molecule has 148 valence electrons. The first-order valence-corrected chi connectivity index (χ1v) is 11.1. The lowest BCUT2D eigenvalue weighted by atomic mass is 9.86. The van der Waals surface area contributed by atoms with Crippen LogP contribution in [0.15, 0.2) is 60.0 Å². The zero-order valence-electron chi connectivity index (χ0n) is 16.0. The highest BCUT2D eigenvalue weighted by atomic mass is 32.2. The standard InChI is InChI=1S/C22H26N2O3S/c1-17-7-5-6-10-21(17)23-22(25)19-11-13-20(14-12-19)24-28(26,27)16-15-18-8-3-2-4-9-18/h2-4,8-9,11-17,21,24H,5-7,10H2,1H3,(H,23,25)/b16-15+/t17-,21-/m1/s1. The van der Waals surface area contributed by atoms with Crippen LogP contribution in [0.3, 0.4) is 0 Å². The van der Waals surface area contributed by atoms with E-state index < -0.39 is 10.0 Å². The molecule has 2 atom stereocenters. The molecular weight excluding hydrogens is 372 g/mol. The number of nitrogens with one attached hydrogen (secondary N) is 2. The van der Waals surface area contributed by atoms with Crippen molar-refractivity contribution in [2.24, 2.45) is 5.92 Å². The van der Waals surface area contributed by atoms with Gasteiger partial charge in [-0.2, -0.15) is 0 Å². The molecule has 0 aliphatic heterocycles. The topological polar surface area (TPSA) is 75.3 Å². The molecule has 0 aromatic heterocycles. The van der Waals surface area contributed by atoms with Crippen molar-refractivity contribution in [2.45, 2.75) is 38.6 Å². The molecule has 0 heterocycles. The zero-order chi connectivity index (χ0) is 20.0. The minimum absolute atomic E-state index is 0.114. The third-order valence-corrected chi connectivity index (χ3v) is 6.09. The van der Waals surface area contributed by atoms with Gasteiger partial charge >= 0.3 is 0 Å². The fourth-order valence-electron chi connectivity index (χ4n) is 3.40. The Kier molecular flexibility index (Phi) is 6.52. The fraction of sp³-hybridized carbons (Fsp3) is 0.318. The van der Waals surface area contributed by atoms with E-state index in [1.54, 1.807) is 24.3 Å². The molecule has 0 bridgehead atoms. The number of hydrogen-bond donors (Lipinski definition) is 2. The van der Waals surface area contributed by atoms with Crippen LogP contribution in [0.4, 0.5) is 5.69 Å². The maximum Gasteiger partial charge on any atom is 0.255 e. The van der Waals surface area contributed by atoms with Crippen molar-refractivity contribution in [1.82, 2.24) is 5.32 Å². The molecule has 0 spiro atoms. The van der Waals surface area contributed by atoms with Crippen LogP contribution < -0.4 is 10.0 Å². The molecule has 5 nitrogen and oxygen atoms in total. The lowest BCUT2D eigenvalue weighted by Gasteiger charge is -2.29. The molecule has 6 heteroatoms. The Bertz CT molecular complexity index is 922. The molecule has 2 N–H and O–H groups in total. The van der Waals surface area contributed by atoms with Crippen molar-refractivity contribution in [1.29, 1.82) is 0 Å². The van der Waals surface area contributed by atoms with E-state index in [1.807, 2.05) is 30.3 Å². The largest absolute Gasteiger partial charge is 0.349 e. The molecule has 2 aromatic carbocycles. The first-order chi connectivity index (χ1) is 13.4.